The van der Waals surface area contributed by atoms with Crippen LogP contribution in [0, 0.1) is 10.1 Å². The van der Waals surface area contributed by atoms with E-state index in [0.29, 0.717) is 23.7 Å². The predicted octanol–water partition coefficient (Wildman–Crippen LogP) is 6.21. The Morgan fingerprint density at radius 1 is 1.17 bits per heavy atom. The average molecular weight is 496 g/mol. The van der Waals surface area contributed by atoms with Gasteiger partial charge in [0.05, 0.1) is 12.7 Å². The zero-order valence-corrected chi connectivity index (χ0v) is 20.9. The highest BCUT2D eigenvalue weighted by molar-refractivity contribution is 5.88. The van der Waals surface area contributed by atoms with Gasteiger partial charge in [-0.15, -0.1) is 0 Å². The summed E-state index contributed by atoms with van der Waals surface area (Å²) < 4.78 is 21.3. The molecule has 0 bridgehead atoms. The van der Waals surface area contributed by atoms with E-state index >= 15 is 0 Å². The number of aromatic nitrogens is 1. The Morgan fingerprint density at radius 3 is 2.58 bits per heavy atom. The molecule has 0 fully saturated rings. The number of nitro groups is 1. The molecule has 36 heavy (non-hydrogen) atoms. The first-order valence-corrected chi connectivity index (χ1v) is 11.3. The number of amides is 1. The molecule has 0 saturated carbocycles. The van der Waals surface area contributed by atoms with Crippen LogP contribution in [0.3, 0.4) is 0 Å². The third kappa shape index (κ3) is 6.48. The number of carbonyl (C=O) groups is 1. The molecule has 10 nitrogen and oxygen atoms in total. The van der Waals surface area contributed by atoms with Gasteiger partial charge in [-0.2, -0.15) is 0 Å². The monoisotopic (exact) mass is 495 g/mol. The fourth-order valence-electron chi connectivity index (χ4n) is 3.37. The molecule has 1 aromatic carbocycles. The van der Waals surface area contributed by atoms with Crippen LogP contribution < -0.4 is 9.64 Å². The van der Waals surface area contributed by atoms with Crippen molar-refractivity contribution >= 4 is 40.9 Å². The molecule has 3 rings (SSSR count). The van der Waals surface area contributed by atoms with Crippen molar-refractivity contribution in [3.63, 3.8) is 0 Å². The number of ether oxygens (including phenoxy) is 3. The van der Waals surface area contributed by atoms with Crippen molar-refractivity contribution in [3.8, 4) is 5.75 Å². The lowest BCUT2D eigenvalue weighted by molar-refractivity contribution is -0.389. The number of furan rings is 1. The highest BCUT2D eigenvalue weighted by Gasteiger charge is 2.34. The van der Waals surface area contributed by atoms with Gasteiger partial charge in [0.15, 0.2) is 6.79 Å². The molecule has 2 heterocycles. The summed E-state index contributed by atoms with van der Waals surface area (Å²) in [6.45, 7) is 7.98. The van der Waals surface area contributed by atoms with Gasteiger partial charge in [-0.3, -0.25) is 0 Å². The normalized spacial score (nSPS) is 11.9. The summed E-state index contributed by atoms with van der Waals surface area (Å²) in [4.78, 5) is 28.7. The molecule has 0 radical (unpaired) electrons. The van der Waals surface area contributed by atoms with Gasteiger partial charge in [-0.1, -0.05) is 12.2 Å². The number of benzene rings is 1. The van der Waals surface area contributed by atoms with E-state index in [1.165, 1.54) is 18.1 Å². The number of fused-ring (bicyclic) bond motifs is 1. The number of hydrogen-bond acceptors (Lipinski definition) is 8. The van der Waals surface area contributed by atoms with Crippen LogP contribution in [0.1, 0.15) is 39.0 Å². The Morgan fingerprint density at radius 2 is 1.92 bits per heavy atom. The molecular formula is C26H29N3O7. The van der Waals surface area contributed by atoms with E-state index in [9.17, 15) is 14.9 Å². The van der Waals surface area contributed by atoms with E-state index in [0.717, 1.165) is 5.39 Å². The van der Waals surface area contributed by atoms with E-state index in [1.807, 2.05) is 25.1 Å². The number of rotatable bonds is 9. The summed E-state index contributed by atoms with van der Waals surface area (Å²) in [5.41, 5.74) is 0.288. The quantitative estimate of drug-likeness (QED) is 0.113. The summed E-state index contributed by atoms with van der Waals surface area (Å²) in [5.74, 6) is 1.03. The molecule has 1 amide bonds. The topological polar surface area (TPSA) is 117 Å². The first-order chi connectivity index (χ1) is 17.1. The first kappa shape index (κ1) is 26.4. The number of nitrogens with zero attached hydrogens (tertiary/aromatic N) is 3. The van der Waals surface area contributed by atoms with Crippen LogP contribution in [0.2, 0.25) is 0 Å². The molecule has 0 saturated heterocycles. The van der Waals surface area contributed by atoms with Crippen LogP contribution in [-0.2, 0) is 9.47 Å². The molecule has 0 atom stereocenters. The second-order valence-electron chi connectivity index (χ2n) is 8.64. The van der Waals surface area contributed by atoms with E-state index in [2.05, 4.69) is 4.98 Å². The van der Waals surface area contributed by atoms with Gasteiger partial charge >= 0.3 is 11.9 Å². The number of carbonyl (C=O) groups excluding carboxylic acids is 1. The Bertz CT molecular complexity index is 1290. The maximum Gasteiger partial charge on any atom is 0.417 e. The van der Waals surface area contributed by atoms with E-state index < -0.39 is 16.6 Å². The smallest absolute Gasteiger partial charge is 0.417 e. The number of hydrogen-bond donors (Lipinski definition) is 0. The molecule has 0 aliphatic rings. The van der Waals surface area contributed by atoms with E-state index in [4.69, 9.17) is 18.6 Å². The summed E-state index contributed by atoms with van der Waals surface area (Å²) >= 11 is 0. The minimum atomic E-state index is -0.698. The molecule has 0 N–H and O–H groups in total. The molecule has 2 aromatic heterocycles. The third-order valence-corrected chi connectivity index (χ3v) is 4.99. The SMILES string of the molecule is CCOCOc1ccc2oc(/C=C/C=C/c3ccc(N(C(=O)OC)C(C)(C)C)nc3[N+](=O)[O-])cc2c1. The molecule has 0 aliphatic heterocycles. The standard InChI is InChI=1S/C26H29N3O7/c1-6-34-17-35-20-12-13-22-19(15-20)16-21(36-22)10-8-7-9-18-11-14-23(27-24(18)29(31)32)28(25(30)33-5)26(2,3)4/h7-16H,6,17H2,1-5H3/b9-7+,10-8+. The number of pyridine rings is 1. The van der Waals surface area contributed by atoms with Crippen molar-refractivity contribution in [2.75, 3.05) is 25.4 Å². The van der Waals surface area contributed by atoms with Crippen molar-refractivity contribution in [2.45, 2.75) is 33.2 Å². The largest absolute Gasteiger partial charge is 0.468 e. The lowest BCUT2D eigenvalue weighted by Gasteiger charge is -2.31. The number of allylic oxidation sites excluding steroid dienone is 2. The Kier molecular flexibility index (Phi) is 8.44. The fraction of sp³-hybridized carbons (Fsp3) is 0.308. The zero-order chi connectivity index (χ0) is 26.3. The molecule has 0 spiro atoms. The summed E-state index contributed by atoms with van der Waals surface area (Å²) in [5, 5.41) is 12.5. The summed E-state index contributed by atoms with van der Waals surface area (Å²) in [7, 11) is 1.25. The van der Waals surface area contributed by atoms with Crippen LogP contribution in [0.4, 0.5) is 16.4 Å². The average Bonchev–Trinajstić information content (AvgIpc) is 3.23. The third-order valence-electron chi connectivity index (χ3n) is 4.99. The maximum atomic E-state index is 12.3. The van der Waals surface area contributed by atoms with Crippen molar-refractivity contribution in [2.24, 2.45) is 0 Å². The van der Waals surface area contributed by atoms with Gasteiger partial charge in [-0.25, -0.2) is 9.69 Å². The van der Waals surface area contributed by atoms with Crippen molar-refractivity contribution < 1.29 is 28.3 Å². The minimum absolute atomic E-state index is 0.126. The zero-order valence-electron chi connectivity index (χ0n) is 20.9. The van der Waals surface area contributed by atoms with E-state index in [-0.39, 0.29) is 24.0 Å². The van der Waals surface area contributed by atoms with E-state index in [1.54, 1.807) is 57.2 Å². The summed E-state index contributed by atoms with van der Waals surface area (Å²) in [6, 6.07) is 10.4. The van der Waals surface area contributed by atoms with Crippen LogP contribution in [0.15, 0.2) is 53.0 Å². The second kappa shape index (κ2) is 11.5. The molecular weight excluding hydrogens is 466 g/mol. The summed E-state index contributed by atoms with van der Waals surface area (Å²) in [6.07, 6.45) is 6.00. The first-order valence-electron chi connectivity index (χ1n) is 11.3. The van der Waals surface area contributed by atoms with Gasteiger partial charge in [-0.05, 0) is 80.1 Å². The Labute approximate surface area is 208 Å². The van der Waals surface area contributed by atoms with Crippen molar-refractivity contribution in [3.05, 3.63) is 70.0 Å². The molecule has 190 valence electrons. The maximum absolute atomic E-state index is 12.3. The Balaban J connectivity index is 1.79. The number of anilines is 1. The van der Waals surface area contributed by atoms with Crippen molar-refractivity contribution in [1.82, 2.24) is 4.98 Å². The highest BCUT2D eigenvalue weighted by atomic mass is 16.7. The lowest BCUT2D eigenvalue weighted by Crippen LogP contribution is -2.46. The molecule has 3 aromatic rings. The Hall–Kier alpha value is -4.18. The van der Waals surface area contributed by atoms with Crippen LogP contribution >= 0.6 is 0 Å². The number of methoxy groups -OCH3 is 1. The van der Waals surface area contributed by atoms with Crippen LogP contribution in [0.25, 0.3) is 23.1 Å². The van der Waals surface area contributed by atoms with Crippen LogP contribution in [-0.4, -0.2) is 42.0 Å². The minimum Gasteiger partial charge on any atom is -0.468 e. The molecule has 0 aliphatic carbocycles. The predicted molar refractivity (Wildman–Crippen MR) is 137 cm³/mol. The molecule has 0 unspecified atom stereocenters. The van der Waals surface area contributed by atoms with Gasteiger partial charge in [0.25, 0.3) is 5.82 Å². The van der Waals surface area contributed by atoms with Gasteiger partial charge in [0.2, 0.25) is 0 Å². The second-order valence-corrected chi connectivity index (χ2v) is 8.64. The van der Waals surface area contributed by atoms with Gasteiger partial charge < -0.3 is 28.7 Å². The highest BCUT2D eigenvalue weighted by Crippen LogP contribution is 2.28. The van der Waals surface area contributed by atoms with Gasteiger partial charge in [0, 0.05) is 23.6 Å². The van der Waals surface area contributed by atoms with Crippen LogP contribution in [0.5, 0.6) is 5.75 Å². The van der Waals surface area contributed by atoms with Crippen molar-refractivity contribution in [1.29, 1.82) is 0 Å². The molecule has 10 heteroatoms. The fourth-order valence-corrected chi connectivity index (χ4v) is 3.37. The lowest BCUT2D eigenvalue weighted by atomic mass is 10.1. The van der Waals surface area contributed by atoms with Gasteiger partial charge in [0.1, 0.15) is 17.1 Å².